The van der Waals surface area contributed by atoms with E-state index in [9.17, 15) is 14.3 Å². The third-order valence-corrected chi connectivity index (χ3v) is 3.47. The fraction of sp³-hybridized carbons (Fsp3) is 0.462. The van der Waals surface area contributed by atoms with Gasteiger partial charge in [0, 0.05) is 25.3 Å². The first-order valence-electron chi connectivity index (χ1n) is 6.09. The van der Waals surface area contributed by atoms with E-state index < -0.39 is 17.3 Å². The molecule has 1 aliphatic rings. The molecule has 2 unspecified atom stereocenters. The lowest BCUT2D eigenvalue weighted by Gasteiger charge is -2.26. The van der Waals surface area contributed by atoms with Crippen LogP contribution in [0.3, 0.4) is 0 Å². The van der Waals surface area contributed by atoms with Gasteiger partial charge in [-0.15, -0.1) is 0 Å². The minimum atomic E-state index is -1.07. The van der Waals surface area contributed by atoms with Crippen LogP contribution in [-0.2, 0) is 4.74 Å². The maximum absolute atomic E-state index is 12.9. The van der Waals surface area contributed by atoms with E-state index in [2.05, 4.69) is 5.32 Å². The zero-order chi connectivity index (χ0) is 14.0. The number of aliphatic hydroxyl groups is 1. The van der Waals surface area contributed by atoms with Crippen molar-refractivity contribution in [3.8, 4) is 0 Å². The predicted molar refractivity (Wildman–Crippen MR) is 68.1 cm³/mol. The number of rotatable bonds is 3. The highest BCUT2D eigenvalue weighted by Crippen LogP contribution is 2.25. The number of nitrogens with one attached hydrogen (secondary N) is 1. The summed E-state index contributed by atoms with van der Waals surface area (Å²) in [6, 6.07) is 3.57. The molecule has 104 valence electrons. The van der Waals surface area contributed by atoms with Crippen molar-refractivity contribution in [3.05, 3.63) is 29.6 Å². The maximum atomic E-state index is 12.9. The van der Waals surface area contributed by atoms with Gasteiger partial charge in [-0.1, -0.05) is 0 Å². The second-order valence-electron chi connectivity index (χ2n) is 4.78. The summed E-state index contributed by atoms with van der Waals surface area (Å²) in [5.41, 5.74) is 4.77. The molecule has 1 aromatic carbocycles. The SMILES string of the molecule is CC1OCCC1(O)CNC(=O)c1ccc(F)cc1N. The van der Waals surface area contributed by atoms with Crippen LogP contribution in [-0.4, -0.2) is 35.9 Å². The summed E-state index contributed by atoms with van der Waals surface area (Å²) in [4.78, 5) is 11.9. The van der Waals surface area contributed by atoms with Crippen LogP contribution in [0.4, 0.5) is 10.1 Å². The van der Waals surface area contributed by atoms with E-state index in [0.717, 1.165) is 6.07 Å². The largest absolute Gasteiger partial charge is 0.398 e. The van der Waals surface area contributed by atoms with Crippen LogP contribution >= 0.6 is 0 Å². The molecule has 19 heavy (non-hydrogen) atoms. The van der Waals surface area contributed by atoms with E-state index in [1.807, 2.05) is 0 Å². The minimum Gasteiger partial charge on any atom is -0.398 e. The van der Waals surface area contributed by atoms with Crippen molar-refractivity contribution in [3.63, 3.8) is 0 Å². The second kappa shape index (κ2) is 5.14. The number of benzene rings is 1. The van der Waals surface area contributed by atoms with Crippen LogP contribution in [0.2, 0.25) is 0 Å². The molecule has 0 aromatic heterocycles. The van der Waals surface area contributed by atoms with Crippen LogP contribution < -0.4 is 11.1 Å². The zero-order valence-corrected chi connectivity index (χ0v) is 10.6. The highest BCUT2D eigenvalue weighted by molar-refractivity contribution is 5.99. The van der Waals surface area contributed by atoms with E-state index in [-0.39, 0.29) is 23.9 Å². The van der Waals surface area contributed by atoms with Crippen molar-refractivity contribution in [2.75, 3.05) is 18.9 Å². The van der Waals surface area contributed by atoms with Gasteiger partial charge in [-0.2, -0.15) is 0 Å². The van der Waals surface area contributed by atoms with Gasteiger partial charge in [0.25, 0.3) is 5.91 Å². The molecule has 0 aliphatic carbocycles. The summed E-state index contributed by atoms with van der Waals surface area (Å²) in [6.45, 7) is 2.29. The highest BCUT2D eigenvalue weighted by Gasteiger charge is 2.39. The summed E-state index contributed by atoms with van der Waals surface area (Å²) in [5.74, 6) is -0.935. The molecular formula is C13H17FN2O3. The van der Waals surface area contributed by atoms with Gasteiger partial charge in [0.05, 0.1) is 11.7 Å². The number of hydrogen-bond donors (Lipinski definition) is 3. The van der Waals surface area contributed by atoms with E-state index in [4.69, 9.17) is 10.5 Å². The van der Waals surface area contributed by atoms with Gasteiger partial charge < -0.3 is 20.9 Å². The molecule has 0 radical (unpaired) electrons. The van der Waals surface area contributed by atoms with Gasteiger partial charge >= 0.3 is 0 Å². The van der Waals surface area contributed by atoms with Crippen molar-refractivity contribution in [2.24, 2.45) is 0 Å². The summed E-state index contributed by atoms with van der Waals surface area (Å²) in [7, 11) is 0. The molecule has 5 nitrogen and oxygen atoms in total. The normalized spacial score (nSPS) is 26.4. The van der Waals surface area contributed by atoms with E-state index in [0.29, 0.717) is 13.0 Å². The number of hydrogen-bond acceptors (Lipinski definition) is 4. The summed E-state index contributed by atoms with van der Waals surface area (Å²) < 4.78 is 18.2. The Kier molecular flexibility index (Phi) is 3.73. The first-order chi connectivity index (χ1) is 8.92. The average molecular weight is 268 g/mol. The quantitative estimate of drug-likeness (QED) is 0.704. The fourth-order valence-electron chi connectivity index (χ4n) is 2.07. The van der Waals surface area contributed by atoms with Crippen LogP contribution in [0.15, 0.2) is 18.2 Å². The van der Waals surface area contributed by atoms with E-state index >= 15 is 0 Å². The van der Waals surface area contributed by atoms with Crippen molar-refractivity contribution in [2.45, 2.75) is 25.0 Å². The Labute approximate surface area is 110 Å². The van der Waals surface area contributed by atoms with Crippen LogP contribution in [0.5, 0.6) is 0 Å². The highest BCUT2D eigenvalue weighted by atomic mass is 19.1. The van der Waals surface area contributed by atoms with Crippen molar-refractivity contribution in [1.29, 1.82) is 0 Å². The smallest absolute Gasteiger partial charge is 0.253 e. The Morgan fingerprint density at radius 1 is 1.68 bits per heavy atom. The molecule has 0 spiro atoms. The van der Waals surface area contributed by atoms with Crippen LogP contribution in [0.1, 0.15) is 23.7 Å². The standard InChI is InChI=1S/C13H17FN2O3/c1-8-13(18,4-5-19-8)7-16-12(17)10-3-2-9(14)6-11(10)15/h2-3,6,8,18H,4-5,7,15H2,1H3,(H,16,17). The topological polar surface area (TPSA) is 84.6 Å². The fourth-order valence-corrected chi connectivity index (χ4v) is 2.07. The summed E-state index contributed by atoms with van der Waals surface area (Å²) in [5, 5.41) is 12.8. The first-order valence-corrected chi connectivity index (χ1v) is 6.09. The lowest BCUT2D eigenvalue weighted by molar-refractivity contribution is -0.0251. The number of halogens is 1. The summed E-state index contributed by atoms with van der Waals surface area (Å²) in [6.07, 6.45) is 0.131. The molecule has 1 amide bonds. The van der Waals surface area contributed by atoms with E-state index in [1.165, 1.54) is 12.1 Å². The number of nitrogens with two attached hydrogens (primary N) is 1. The number of anilines is 1. The van der Waals surface area contributed by atoms with Crippen molar-refractivity contribution >= 4 is 11.6 Å². The Balaban J connectivity index is 2.02. The van der Waals surface area contributed by atoms with Gasteiger partial charge in [0.1, 0.15) is 11.4 Å². The molecule has 1 saturated heterocycles. The molecule has 6 heteroatoms. The molecular weight excluding hydrogens is 251 g/mol. The van der Waals surface area contributed by atoms with Gasteiger partial charge in [-0.25, -0.2) is 4.39 Å². The van der Waals surface area contributed by atoms with Crippen LogP contribution in [0, 0.1) is 5.82 Å². The first kappa shape index (κ1) is 13.8. The van der Waals surface area contributed by atoms with Crippen LogP contribution in [0.25, 0.3) is 0 Å². The predicted octanol–water partition coefficient (Wildman–Crippen LogP) is 0.678. The Hall–Kier alpha value is -1.66. The lowest BCUT2D eigenvalue weighted by atomic mass is 9.96. The third kappa shape index (κ3) is 2.85. The number of carbonyl (C=O) groups excluding carboxylic acids is 1. The number of ether oxygens (including phenoxy) is 1. The van der Waals surface area contributed by atoms with Gasteiger partial charge in [-0.05, 0) is 25.1 Å². The molecule has 1 heterocycles. The zero-order valence-electron chi connectivity index (χ0n) is 10.6. The third-order valence-electron chi connectivity index (χ3n) is 3.47. The molecule has 2 atom stereocenters. The van der Waals surface area contributed by atoms with Crippen molar-refractivity contribution in [1.82, 2.24) is 5.32 Å². The average Bonchev–Trinajstić information content (AvgIpc) is 2.67. The second-order valence-corrected chi connectivity index (χ2v) is 4.78. The van der Waals surface area contributed by atoms with Gasteiger partial charge in [0.15, 0.2) is 0 Å². The Bertz CT molecular complexity index is 495. The molecule has 2 rings (SSSR count). The molecule has 1 fully saturated rings. The van der Waals surface area contributed by atoms with Gasteiger partial charge in [-0.3, -0.25) is 4.79 Å². The number of carbonyl (C=O) groups is 1. The Morgan fingerprint density at radius 2 is 2.42 bits per heavy atom. The molecule has 0 saturated carbocycles. The van der Waals surface area contributed by atoms with Crippen molar-refractivity contribution < 1.29 is 19.0 Å². The lowest BCUT2D eigenvalue weighted by Crippen LogP contribution is -2.47. The van der Waals surface area contributed by atoms with E-state index in [1.54, 1.807) is 6.92 Å². The van der Waals surface area contributed by atoms with Gasteiger partial charge in [0.2, 0.25) is 0 Å². The minimum absolute atomic E-state index is 0.0696. The summed E-state index contributed by atoms with van der Waals surface area (Å²) >= 11 is 0. The molecule has 1 aliphatic heterocycles. The number of nitrogen functional groups attached to an aromatic ring is 1. The molecule has 0 bridgehead atoms. The molecule has 4 N–H and O–H groups in total. The maximum Gasteiger partial charge on any atom is 0.253 e. The Morgan fingerprint density at radius 3 is 3.00 bits per heavy atom. The molecule has 1 aromatic rings. The number of amides is 1. The monoisotopic (exact) mass is 268 g/mol.